The number of carbonyl (C=O) groups excluding carboxylic acids is 3. The molecule has 94 valence electrons. The minimum absolute atomic E-state index is 0.0158. The summed E-state index contributed by atoms with van der Waals surface area (Å²) in [6.45, 7) is 1.49. The first kappa shape index (κ1) is 13.5. The van der Waals surface area contributed by atoms with Crippen LogP contribution in [0.25, 0.3) is 0 Å². The molecule has 7 nitrogen and oxygen atoms in total. The quantitative estimate of drug-likeness (QED) is 0.192. The Balaban J connectivity index is 2.87. The van der Waals surface area contributed by atoms with Crippen molar-refractivity contribution in [2.45, 2.75) is 6.92 Å². The predicted molar refractivity (Wildman–Crippen MR) is 59.1 cm³/mol. The highest BCUT2D eigenvalue weighted by atomic mass is 16.6. The molecule has 18 heavy (non-hydrogen) atoms. The van der Waals surface area contributed by atoms with Crippen LogP contribution in [-0.4, -0.2) is 29.1 Å². The number of ether oxygens (including phenoxy) is 1. The third-order valence-electron chi connectivity index (χ3n) is 2.01. The van der Waals surface area contributed by atoms with Crippen LogP contribution in [0.5, 0.6) is 0 Å². The van der Waals surface area contributed by atoms with Crippen LogP contribution in [0, 0.1) is 10.1 Å². The van der Waals surface area contributed by atoms with Gasteiger partial charge >= 0.3 is 11.8 Å². The summed E-state index contributed by atoms with van der Waals surface area (Å²) in [5.74, 6) is -3.59. The number of ketones is 2. The highest BCUT2D eigenvalue weighted by Crippen LogP contribution is 2.12. The molecular weight excluding hydrogens is 242 g/mol. The smallest absolute Gasteiger partial charge is 0.383 e. The summed E-state index contributed by atoms with van der Waals surface area (Å²) < 4.78 is 4.39. The average molecular weight is 251 g/mol. The number of hydrogen-bond acceptors (Lipinski definition) is 6. The molecule has 0 unspecified atom stereocenters. The molecule has 0 bridgehead atoms. The zero-order valence-corrected chi connectivity index (χ0v) is 9.41. The van der Waals surface area contributed by atoms with Gasteiger partial charge in [-0.15, -0.1) is 0 Å². The van der Waals surface area contributed by atoms with Crippen molar-refractivity contribution in [1.29, 1.82) is 0 Å². The number of rotatable bonds is 5. The summed E-state index contributed by atoms with van der Waals surface area (Å²) in [6, 6.07) is 4.37. The molecular formula is C11H9NO6. The Morgan fingerprint density at radius 2 is 1.78 bits per heavy atom. The van der Waals surface area contributed by atoms with Crippen molar-refractivity contribution in [3.63, 3.8) is 0 Å². The second-order valence-electron chi connectivity index (χ2n) is 3.18. The first-order valence-electron chi connectivity index (χ1n) is 4.97. The highest BCUT2D eigenvalue weighted by molar-refractivity contribution is 6.65. The molecule has 0 aromatic heterocycles. The fourth-order valence-electron chi connectivity index (χ4n) is 1.15. The van der Waals surface area contributed by atoms with Gasteiger partial charge in [-0.05, 0) is 19.1 Å². The maximum atomic E-state index is 11.5. The maximum Gasteiger partial charge on any atom is 0.383 e. The molecule has 0 aliphatic carbocycles. The van der Waals surface area contributed by atoms with Crippen molar-refractivity contribution < 1.29 is 24.0 Å². The molecule has 0 heterocycles. The number of non-ortho nitro benzene ring substituents is 1. The van der Waals surface area contributed by atoms with Crippen LogP contribution < -0.4 is 0 Å². The highest BCUT2D eigenvalue weighted by Gasteiger charge is 2.25. The van der Waals surface area contributed by atoms with Gasteiger partial charge in [-0.3, -0.25) is 19.7 Å². The summed E-state index contributed by atoms with van der Waals surface area (Å²) in [4.78, 5) is 43.6. The Kier molecular flexibility index (Phi) is 4.25. The first-order valence-corrected chi connectivity index (χ1v) is 4.97. The molecule has 0 atom stereocenters. The molecule has 0 saturated heterocycles. The van der Waals surface area contributed by atoms with Gasteiger partial charge in [0.2, 0.25) is 5.78 Å². The summed E-state index contributed by atoms with van der Waals surface area (Å²) >= 11 is 0. The van der Waals surface area contributed by atoms with Gasteiger partial charge in [-0.2, -0.15) is 0 Å². The van der Waals surface area contributed by atoms with E-state index in [1.807, 2.05) is 0 Å². The lowest BCUT2D eigenvalue weighted by atomic mass is 10.1. The van der Waals surface area contributed by atoms with E-state index in [0.29, 0.717) is 0 Å². The van der Waals surface area contributed by atoms with Crippen LogP contribution in [0.3, 0.4) is 0 Å². The Morgan fingerprint density at radius 3 is 2.22 bits per heavy atom. The van der Waals surface area contributed by atoms with E-state index in [4.69, 9.17) is 0 Å². The van der Waals surface area contributed by atoms with Crippen LogP contribution in [0.15, 0.2) is 24.3 Å². The molecule has 1 aromatic rings. The molecule has 0 aliphatic rings. The zero-order valence-electron chi connectivity index (χ0n) is 9.41. The molecule has 0 fully saturated rings. The van der Waals surface area contributed by atoms with Gasteiger partial charge in [0.15, 0.2) is 0 Å². The fraction of sp³-hybridized carbons (Fsp3) is 0.182. The van der Waals surface area contributed by atoms with Crippen molar-refractivity contribution in [3.8, 4) is 0 Å². The fourth-order valence-corrected chi connectivity index (χ4v) is 1.15. The minimum atomic E-state index is -1.30. The molecule has 0 aliphatic heterocycles. The van der Waals surface area contributed by atoms with Gasteiger partial charge in [0.05, 0.1) is 11.5 Å². The molecule has 0 N–H and O–H groups in total. The van der Waals surface area contributed by atoms with E-state index in [9.17, 15) is 24.5 Å². The second-order valence-corrected chi connectivity index (χ2v) is 3.18. The number of hydrogen-bond donors (Lipinski definition) is 0. The predicted octanol–water partition coefficient (Wildman–Crippen LogP) is 0.910. The SMILES string of the molecule is CCOC(=O)C(=O)C(=O)c1ccc([N+](=O)[O-])cc1. The Labute approximate surface area is 102 Å². The monoisotopic (exact) mass is 251 g/mol. The van der Waals surface area contributed by atoms with E-state index < -0.39 is 22.5 Å². The Hall–Kier alpha value is -2.57. The molecule has 1 rings (SSSR count). The van der Waals surface area contributed by atoms with Crippen molar-refractivity contribution in [2.24, 2.45) is 0 Å². The third kappa shape index (κ3) is 2.97. The van der Waals surface area contributed by atoms with Crippen LogP contribution in [0.4, 0.5) is 5.69 Å². The lowest BCUT2D eigenvalue weighted by Gasteiger charge is -2.00. The van der Waals surface area contributed by atoms with Crippen LogP contribution in [-0.2, 0) is 14.3 Å². The lowest BCUT2D eigenvalue weighted by molar-refractivity contribution is -0.384. The molecule has 0 radical (unpaired) electrons. The van der Waals surface area contributed by atoms with Crippen molar-refractivity contribution in [3.05, 3.63) is 39.9 Å². The normalized spacial score (nSPS) is 9.61. The molecule has 0 spiro atoms. The van der Waals surface area contributed by atoms with Crippen molar-refractivity contribution in [1.82, 2.24) is 0 Å². The Morgan fingerprint density at radius 1 is 1.22 bits per heavy atom. The first-order chi connectivity index (χ1) is 8.47. The number of nitrogens with zero attached hydrogens (tertiary/aromatic N) is 1. The number of benzene rings is 1. The lowest BCUT2D eigenvalue weighted by Crippen LogP contribution is -2.26. The summed E-state index contributed by atoms with van der Waals surface area (Å²) in [5.41, 5.74) is -0.311. The molecule has 1 aromatic carbocycles. The second kappa shape index (κ2) is 5.67. The number of nitro benzene ring substituents is 1. The average Bonchev–Trinajstić information content (AvgIpc) is 2.37. The summed E-state index contributed by atoms with van der Waals surface area (Å²) in [7, 11) is 0. The van der Waals surface area contributed by atoms with E-state index in [1.165, 1.54) is 6.92 Å². The van der Waals surface area contributed by atoms with E-state index in [0.717, 1.165) is 24.3 Å². The number of nitro groups is 1. The number of Topliss-reactive ketones (excluding diaryl/α,β-unsaturated/α-hetero) is 2. The van der Waals surface area contributed by atoms with E-state index in [1.54, 1.807) is 0 Å². The van der Waals surface area contributed by atoms with Crippen LogP contribution >= 0.6 is 0 Å². The standard InChI is InChI=1S/C11H9NO6/c1-2-18-11(15)10(14)9(13)7-3-5-8(6-4-7)12(16)17/h3-6H,2H2,1H3. The molecule has 0 saturated carbocycles. The third-order valence-corrected chi connectivity index (χ3v) is 2.01. The summed E-state index contributed by atoms with van der Waals surface area (Å²) in [6.07, 6.45) is 0. The largest absolute Gasteiger partial charge is 0.460 e. The van der Waals surface area contributed by atoms with E-state index in [-0.39, 0.29) is 17.9 Å². The minimum Gasteiger partial charge on any atom is -0.460 e. The number of carbonyl (C=O) groups is 3. The zero-order chi connectivity index (χ0) is 13.7. The summed E-state index contributed by atoms with van der Waals surface area (Å²) in [5, 5.41) is 10.4. The Bertz CT molecular complexity index is 505. The van der Waals surface area contributed by atoms with Crippen LogP contribution in [0.2, 0.25) is 0 Å². The van der Waals surface area contributed by atoms with E-state index in [2.05, 4.69) is 4.74 Å². The van der Waals surface area contributed by atoms with Gasteiger partial charge in [0.25, 0.3) is 5.69 Å². The van der Waals surface area contributed by atoms with Crippen LogP contribution in [0.1, 0.15) is 17.3 Å². The van der Waals surface area contributed by atoms with Gasteiger partial charge < -0.3 is 4.74 Å². The molecule has 7 heteroatoms. The van der Waals surface area contributed by atoms with Gasteiger partial charge in [-0.1, -0.05) is 0 Å². The van der Waals surface area contributed by atoms with Gasteiger partial charge in [-0.25, -0.2) is 4.79 Å². The topological polar surface area (TPSA) is 104 Å². The van der Waals surface area contributed by atoms with E-state index >= 15 is 0 Å². The van der Waals surface area contributed by atoms with Crippen molar-refractivity contribution >= 4 is 23.2 Å². The van der Waals surface area contributed by atoms with Gasteiger partial charge in [0, 0.05) is 17.7 Å². The maximum absolute atomic E-state index is 11.5. The molecule has 0 amide bonds. The number of esters is 1. The van der Waals surface area contributed by atoms with Crippen molar-refractivity contribution in [2.75, 3.05) is 6.61 Å². The van der Waals surface area contributed by atoms with Gasteiger partial charge in [0.1, 0.15) is 0 Å².